The molecule has 1 amide bonds. The number of aliphatic imine (C=N–C) groups is 1. The molecule has 24 heavy (non-hydrogen) atoms. The normalized spacial score (nSPS) is 23.7. The number of carbonyl (C=O) groups is 1. The van der Waals surface area contributed by atoms with Crippen molar-refractivity contribution in [2.45, 2.75) is 25.7 Å². The zero-order valence-electron chi connectivity index (χ0n) is 14.2. The topological polar surface area (TPSA) is 82.5 Å². The molecular weight excluding hydrogens is 304 g/mol. The summed E-state index contributed by atoms with van der Waals surface area (Å²) in [7, 11) is 1.82. The van der Waals surface area contributed by atoms with Crippen LogP contribution < -0.4 is 10.6 Å². The Morgan fingerprint density at radius 2 is 1.92 bits per heavy atom. The maximum absolute atomic E-state index is 11.9. The van der Waals surface area contributed by atoms with Crippen LogP contribution in [0.1, 0.15) is 36.2 Å². The first kappa shape index (κ1) is 16.7. The Labute approximate surface area is 143 Å². The molecule has 1 aromatic rings. The van der Waals surface area contributed by atoms with Crippen molar-refractivity contribution in [3.63, 3.8) is 0 Å². The minimum Gasteiger partial charge on any atom is -0.354 e. The summed E-state index contributed by atoms with van der Waals surface area (Å²) in [5.41, 5.74) is 0.338. The lowest BCUT2D eigenvalue weighted by molar-refractivity contribution is 0.0949. The molecule has 3 rings (SSSR count). The highest BCUT2D eigenvalue weighted by molar-refractivity contribution is 5.91. The van der Waals surface area contributed by atoms with E-state index in [1.807, 2.05) is 7.05 Å². The molecule has 2 fully saturated rings. The van der Waals surface area contributed by atoms with E-state index in [2.05, 4.69) is 30.5 Å². The molecule has 2 heterocycles. The maximum Gasteiger partial charge on any atom is 0.271 e. The molecule has 0 aromatic carbocycles. The fraction of sp³-hybridized carbons (Fsp3) is 0.647. The Balaban J connectivity index is 1.41. The summed E-state index contributed by atoms with van der Waals surface area (Å²) in [5.74, 6) is 2.40. The summed E-state index contributed by atoms with van der Waals surface area (Å²) in [6.45, 7) is 3.38. The number of hydrogen-bond acceptors (Lipinski definition) is 4. The highest BCUT2D eigenvalue weighted by Crippen LogP contribution is 2.35. The van der Waals surface area contributed by atoms with Crippen LogP contribution in [0.3, 0.4) is 0 Å². The lowest BCUT2D eigenvalue weighted by Gasteiger charge is -2.22. The predicted octanol–water partition coefficient (Wildman–Crippen LogP) is 0.904. The molecule has 2 aliphatic rings. The van der Waals surface area contributed by atoms with Gasteiger partial charge in [-0.05, 0) is 24.7 Å². The first-order valence-electron chi connectivity index (χ1n) is 8.77. The van der Waals surface area contributed by atoms with Crippen molar-refractivity contribution in [3.8, 4) is 0 Å². The Morgan fingerprint density at radius 1 is 1.21 bits per heavy atom. The van der Waals surface area contributed by atoms with E-state index in [0.29, 0.717) is 18.8 Å². The molecule has 0 radical (unpaired) electrons. The molecule has 7 heteroatoms. The van der Waals surface area contributed by atoms with Gasteiger partial charge in [-0.2, -0.15) is 0 Å². The van der Waals surface area contributed by atoms with Crippen LogP contribution in [0.5, 0.6) is 0 Å². The second-order valence-corrected chi connectivity index (χ2v) is 6.53. The average molecular weight is 330 g/mol. The summed E-state index contributed by atoms with van der Waals surface area (Å²) < 4.78 is 0. The van der Waals surface area contributed by atoms with E-state index in [1.54, 1.807) is 6.20 Å². The number of carbonyl (C=O) groups excluding carboxylic acids is 1. The largest absolute Gasteiger partial charge is 0.354 e. The summed E-state index contributed by atoms with van der Waals surface area (Å²) >= 11 is 0. The van der Waals surface area contributed by atoms with Gasteiger partial charge >= 0.3 is 0 Å². The molecule has 1 aliphatic heterocycles. The number of fused-ring (bicyclic) bond motifs is 1. The van der Waals surface area contributed by atoms with E-state index in [1.165, 1.54) is 38.1 Å². The van der Waals surface area contributed by atoms with E-state index in [4.69, 9.17) is 0 Å². The molecule has 1 aromatic heterocycles. The first-order chi connectivity index (χ1) is 11.8. The third-order valence-electron chi connectivity index (χ3n) is 4.98. The molecule has 2 unspecified atom stereocenters. The monoisotopic (exact) mass is 330 g/mol. The van der Waals surface area contributed by atoms with E-state index >= 15 is 0 Å². The Hall–Kier alpha value is -2.18. The highest BCUT2D eigenvalue weighted by Gasteiger charge is 2.35. The summed E-state index contributed by atoms with van der Waals surface area (Å²) in [4.78, 5) is 26.6. The minimum atomic E-state index is -0.202. The van der Waals surface area contributed by atoms with Gasteiger partial charge in [0.2, 0.25) is 0 Å². The van der Waals surface area contributed by atoms with Crippen LogP contribution in [-0.2, 0) is 0 Å². The first-order valence-corrected chi connectivity index (χ1v) is 8.77. The van der Waals surface area contributed by atoms with Crippen molar-refractivity contribution in [3.05, 3.63) is 24.3 Å². The Bertz CT molecular complexity index is 562. The SMILES string of the molecule is CN=C(NCCNC(=O)c1cnccn1)N1CC2CCCCC2C1. The fourth-order valence-electron chi connectivity index (χ4n) is 3.77. The van der Waals surface area contributed by atoms with Crippen molar-refractivity contribution < 1.29 is 4.79 Å². The van der Waals surface area contributed by atoms with E-state index in [0.717, 1.165) is 30.9 Å². The van der Waals surface area contributed by atoms with Crippen molar-refractivity contribution in [2.75, 3.05) is 33.2 Å². The van der Waals surface area contributed by atoms with E-state index in [-0.39, 0.29) is 5.91 Å². The van der Waals surface area contributed by atoms with Crippen LogP contribution in [0.2, 0.25) is 0 Å². The molecule has 2 atom stereocenters. The zero-order chi connectivity index (χ0) is 16.8. The molecule has 1 saturated carbocycles. The van der Waals surface area contributed by atoms with Crippen molar-refractivity contribution in [1.29, 1.82) is 0 Å². The predicted molar refractivity (Wildman–Crippen MR) is 92.7 cm³/mol. The van der Waals surface area contributed by atoms with Crippen LogP contribution >= 0.6 is 0 Å². The van der Waals surface area contributed by atoms with Crippen molar-refractivity contribution >= 4 is 11.9 Å². The second-order valence-electron chi connectivity index (χ2n) is 6.53. The fourth-order valence-corrected chi connectivity index (χ4v) is 3.77. The van der Waals surface area contributed by atoms with Gasteiger partial charge in [0.15, 0.2) is 5.96 Å². The van der Waals surface area contributed by atoms with Gasteiger partial charge in [-0.1, -0.05) is 12.8 Å². The molecule has 0 spiro atoms. The van der Waals surface area contributed by atoms with Gasteiger partial charge in [-0.15, -0.1) is 0 Å². The van der Waals surface area contributed by atoms with Crippen molar-refractivity contribution in [2.24, 2.45) is 16.8 Å². The maximum atomic E-state index is 11.9. The molecule has 1 saturated heterocycles. The molecule has 2 N–H and O–H groups in total. The number of nitrogens with one attached hydrogen (secondary N) is 2. The van der Waals surface area contributed by atoms with Gasteiger partial charge in [-0.25, -0.2) is 4.98 Å². The van der Waals surface area contributed by atoms with Gasteiger partial charge in [0, 0.05) is 45.6 Å². The van der Waals surface area contributed by atoms with Crippen LogP contribution in [-0.4, -0.2) is 60.0 Å². The van der Waals surface area contributed by atoms with Crippen LogP contribution in [0.4, 0.5) is 0 Å². The number of rotatable bonds is 4. The second kappa shape index (κ2) is 8.08. The third-order valence-corrected chi connectivity index (χ3v) is 4.98. The number of likely N-dealkylation sites (tertiary alicyclic amines) is 1. The standard InChI is InChI=1S/C17H26N6O/c1-18-17(23-11-13-4-2-3-5-14(13)12-23)22-9-8-21-16(24)15-10-19-6-7-20-15/h6-7,10,13-14H,2-5,8-9,11-12H2,1H3,(H,18,22)(H,21,24). The smallest absolute Gasteiger partial charge is 0.271 e. The summed E-state index contributed by atoms with van der Waals surface area (Å²) in [6.07, 6.45) is 9.98. The van der Waals surface area contributed by atoms with Gasteiger partial charge in [0.25, 0.3) is 5.91 Å². The van der Waals surface area contributed by atoms with Crippen LogP contribution in [0, 0.1) is 11.8 Å². The number of amides is 1. The average Bonchev–Trinajstić information content (AvgIpc) is 3.06. The lowest BCUT2D eigenvalue weighted by atomic mass is 9.82. The number of nitrogens with zero attached hydrogens (tertiary/aromatic N) is 4. The van der Waals surface area contributed by atoms with Gasteiger partial charge in [0.1, 0.15) is 5.69 Å². The molecular formula is C17H26N6O. The van der Waals surface area contributed by atoms with E-state index in [9.17, 15) is 4.79 Å². The lowest BCUT2D eigenvalue weighted by Crippen LogP contribution is -2.43. The molecule has 7 nitrogen and oxygen atoms in total. The van der Waals surface area contributed by atoms with Gasteiger partial charge in [-0.3, -0.25) is 14.8 Å². The Morgan fingerprint density at radius 3 is 2.54 bits per heavy atom. The zero-order valence-corrected chi connectivity index (χ0v) is 14.2. The van der Waals surface area contributed by atoms with Gasteiger partial charge in [0.05, 0.1) is 6.20 Å². The Kier molecular flexibility index (Phi) is 5.61. The number of aromatic nitrogens is 2. The molecule has 0 bridgehead atoms. The quantitative estimate of drug-likeness (QED) is 0.487. The highest BCUT2D eigenvalue weighted by atomic mass is 16.1. The minimum absolute atomic E-state index is 0.202. The molecule has 130 valence electrons. The van der Waals surface area contributed by atoms with E-state index < -0.39 is 0 Å². The molecule has 1 aliphatic carbocycles. The summed E-state index contributed by atoms with van der Waals surface area (Å²) in [6, 6.07) is 0. The van der Waals surface area contributed by atoms with Crippen molar-refractivity contribution in [1.82, 2.24) is 25.5 Å². The van der Waals surface area contributed by atoms with Crippen LogP contribution in [0.25, 0.3) is 0 Å². The number of guanidine groups is 1. The summed E-state index contributed by atoms with van der Waals surface area (Å²) in [5, 5.41) is 6.19. The van der Waals surface area contributed by atoms with Gasteiger partial charge < -0.3 is 15.5 Å². The third kappa shape index (κ3) is 4.01. The van der Waals surface area contributed by atoms with Crippen LogP contribution in [0.15, 0.2) is 23.6 Å². The number of hydrogen-bond donors (Lipinski definition) is 2.